The monoisotopic (exact) mass is 158 g/mol. The summed E-state index contributed by atoms with van der Waals surface area (Å²) in [6.07, 6.45) is -0.0417. The van der Waals surface area contributed by atoms with E-state index < -0.39 is 11.8 Å². The number of hydrogen-bond acceptors (Lipinski definition) is 0. The summed E-state index contributed by atoms with van der Waals surface area (Å²) >= 11 is 2.53. The molecule has 0 aliphatic heterocycles. The second-order valence-corrected chi connectivity index (χ2v) is 1.86. The molecule has 0 amide bonds. The zero-order valence-corrected chi connectivity index (χ0v) is 4.71. The SMILES string of the molecule is FCCC(F)Br. The van der Waals surface area contributed by atoms with Gasteiger partial charge in [-0.1, -0.05) is 15.9 Å². The van der Waals surface area contributed by atoms with Crippen molar-refractivity contribution in [2.45, 2.75) is 11.5 Å². The lowest BCUT2D eigenvalue weighted by atomic mass is 10.5. The molecule has 0 aromatic rings. The van der Waals surface area contributed by atoms with Crippen LogP contribution in [0.2, 0.25) is 0 Å². The van der Waals surface area contributed by atoms with E-state index in [1.165, 1.54) is 0 Å². The molecule has 0 aromatic heterocycles. The molecule has 0 N–H and O–H groups in total. The highest BCUT2D eigenvalue weighted by Crippen LogP contribution is 2.04. The van der Waals surface area contributed by atoms with Crippen molar-refractivity contribution in [3.8, 4) is 0 Å². The molecular formula is C3H5BrF2. The molecule has 0 spiro atoms. The molecule has 0 aliphatic carbocycles. The number of alkyl halides is 3. The Labute approximate surface area is 43.7 Å². The normalized spacial score (nSPS) is 14.5. The Morgan fingerprint density at radius 1 is 1.67 bits per heavy atom. The van der Waals surface area contributed by atoms with Crippen LogP contribution in [0.3, 0.4) is 0 Å². The van der Waals surface area contributed by atoms with Crippen molar-refractivity contribution in [1.82, 2.24) is 0 Å². The molecule has 38 valence electrons. The highest BCUT2D eigenvalue weighted by Gasteiger charge is 1.95. The average Bonchev–Trinajstić information content (AvgIpc) is 1.35. The smallest absolute Gasteiger partial charge is 0.157 e. The van der Waals surface area contributed by atoms with E-state index in [1.807, 2.05) is 0 Å². The largest absolute Gasteiger partial charge is 0.251 e. The summed E-state index contributed by atoms with van der Waals surface area (Å²) in [6, 6.07) is 0. The lowest BCUT2D eigenvalue weighted by molar-refractivity contribution is 0.376. The Morgan fingerprint density at radius 2 is 2.17 bits per heavy atom. The minimum atomic E-state index is -1.16. The molecule has 0 saturated carbocycles. The first kappa shape index (κ1) is 6.34. The topological polar surface area (TPSA) is 0 Å². The van der Waals surface area contributed by atoms with Crippen molar-refractivity contribution in [1.29, 1.82) is 0 Å². The van der Waals surface area contributed by atoms with Crippen molar-refractivity contribution < 1.29 is 8.78 Å². The van der Waals surface area contributed by atoms with Crippen LogP contribution in [0, 0.1) is 0 Å². The fourth-order valence-corrected chi connectivity index (χ4v) is 0.256. The third-order valence-corrected chi connectivity index (χ3v) is 0.785. The van der Waals surface area contributed by atoms with Gasteiger partial charge in [0.25, 0.3) is 0 Å². The molecule has 1 atom stereocenters. The molecule has 0 aromatic carbocycles. The van der Waals surface area contributed by atoms with E-state index in [2.05, 4.69) is 15.9 Å². The van der Waals surface area contributed by atoms with Crippen molar-refractivity contribution in [2.24, 2.45) is 0 Å². The fourth-order valence-electron chi connectivity index (χ4n) is 0.0825. The molecule has 6 heavy (non-hydrogen) atoms. The molecular weight excluding hydrogens is 154 g/mol. The first-order chi connectivity index (χ1) is 2.77. The van der Waals surface area contributed by atoms with Crippen molar-refractivity contribution in [3.63, 3.8) is 0 Å². The Kier molecular flexibility index (Phi) is 3.73. The van der Waals surface area contributed by atoms with Gasteiger partial charge >= 0.3 is 0 Å². The summed E-state index contributed by atoms with van der Waals surface area (Å²) in [4.78, 5) is 0. The minimum absolute atomic E-state index is 0.0417. The van der Waals surface area contributed by atoms with Gasteiger partial charge < -0.3 is 0 Å². The predicted octanol–water partition coefficient (Wildman–Crippen LogP) is 2.04. The average molecular weight is 159 g/mol. The zero-order valence-electron chi connectivity index (χ0n) is 3.13. The maximum atomic E-state index is 11.4. The highest BCUT2D eigenvalue weighted by atomic mass is 79.9. The van der Waals surface area contributed by atoms with Crippen LogP contribution in [0.15, 0.2) is 0 Å². The summed E-state index contributed by atoms with van der Waals surface area (Å²) in [5.74, 6) is 0. The number of rotatable bonds is 2. The molecule has 0 nitrogen and oxygen atoms in total. The minimum Gasteiger partial charge on any atom is -0.251 e. The van der Waals surface area contributed by atoms with Gasteiger partial charge in [-0.25, -0.2) is 4.39 Å². The fraction of sp³-hybridized carbons (Fsp3) is 1.00. The van der Waals surface area contributed by atoms with Gasteiger partial charge in [0.2, 0.25) is 0 Å². The molecule has 0 fully saturated rings. The lowest BCUT2D eigenvalue weighted by Crippen LogP contribution is -1.86. The van der Waals surface area contributed by atoms with Gasteiger partial charge in [0, 0.05) is 6.42 Å². The van der Waals surface area contributed by atoms with Crippen LogP contribution in [-0.2, 0) is 0 Å². The van der Waals surface area contributed by atoms with Gasteiger partial charge in [0.15, 0.2) is 5.08 Å². The van der Waals surface area contributed by atoms with Gasteiger partial charge in [-0.3, -0.25) is 4.39 Å². The van der Waals surface area contributed by atoms with E-state index in [1.54, 1.807) is 0 Å². The summed E-state index contributed by atoms with van der Waals surface area (Å²) < 4.78 is 22.4. The van der Waals surface area contributed by atoms with E-state index in [0.29, 0.717) is 0 Å². The maximum absolute atomic E-state index is 11.4. The van der Waals surface area contributed by atoms with Crippen LogP contribution < -0.4 is 0 Å². The molecule has 0 heterocycles. The van der Waals surface area contributed by atoms with Crippen LogP contribution in [0.25, 0.3) is 0 Å². The van der Waals surface area contributed by atoms with Crippen molar-refractivity contribution >= 4 is 15.9 Å². The third-order valence-electron chi connectivity index (χ3n) is 0.327. The van der Waals surface area contributed by atoms with Gasteiger partial charge in [-0.2, -0.15) is 0 Å². The van der Waals surface area contributed by atoms with Crippen LogP contribution in [0.5, 0.6) is 0 Å². The highest BCUT2D eigenvalue weighted by molar-refractivity contribution is 9.09. The quantitative estimate of drug-likeness (QED) is 0.540. The van der Waals surface area contributed by atoms with E-state index >= 15 is 0 Å². The van der Waals surface area contributed by atoms with Crippen LogP contribution in [0.4, 0.5) is 8.78 Å². The van der Waals surface area contributed by atoms with Crippen molar-refractivity contribution in [2.75, 3.05) is 6.67 Å². The van der Waals surface area contributed by atoms with E-state index in [9.17, 15) is 8.78 Å². The van der Waals surface area contributed by atoms with Gasteiger partial charge in [0.05, 0.1) is 6.67 Å². The second-order valence-electron chi connectivity index (χ2n) is 0.869. The molecule has 3 heteroatoms. The summed E-state index contributed by atoms with van der Waals surface area (Å²) in [7, 11) is 0. The maximum Gasteiger partial charge on any atom is 0.157 e. The van der Waals surface area contributed by atoms with Crippen LogP contribution >= 0.6 is 15.9 Å². The first-order valence-corrected chi connectivity index (χ1v) is 2.53. The second kappa shape index (κ2) is 3.53. The molecule has 1 unspecified atom stereocenters. The van der Waals surface area contributed by atoms with Crippen molar-refractivity contribution in [3.05, 3.63) is 0 Å². The lowest BCUT2D eigenvalue weighted by Gasteiger charge is -1.87. The molecule has 0 saturated heterocycles. The van der Waals surface area contributed by atoms with E-state index in [4.69, 9.17) is 0 Å². The molecule has 0 aliphatic rings. The van der Waals surface area contributed by atoms with Gasteiger partial charge in [-0.15, -0.1) is 0 Å². The third kappa shape index (κ3) is 4.34. The Morgan fingerprint density at radius 3 is 2.17 bits per heavy atom. The zero-order chi connectivity index (χ0) is 4.99. The summed E-state index contributed by atoms with van der Waals surface area (Å²) in [5.41, 5.74) is 0. The van der Waals surface area contributed by atoms with Crippen LogP contribution in [-0.4, -0.2) is 11.8 Å². The number of hydrogen-bond donors (Lipinski definition) is 0. The Bertz CT molecular complexity index is 30.0. The van der Waals surface area contributed by atoms with E-state index in [-0.39, 0.29) is 6.42 Å². The summed E-state index contributed by atoms with van der Waals surface area (Å²) in [6.45, 7) is -0.591. The molecule has 0 rings (SSSR count). The predicted molar refractivity (Wildman–Crippen MR) is 24.4 cm³/mol. The Hall–Kier alpha value is 0.340. The number of halogens is 3. The molecule has 0 radical (unpaired) electrons. The van der Waals surface area contributed by atoms with E-state index in [0.717, 1.165) is 0 Å². The van der Waals surface area contributed by atoms with Gasteiger partial charge in [-0.05, 0) is 0 Å². The Balaban J connectivity index is 2.63. The standard InChI is InChI=1S/C3H5BrF2/c4-3(6)1-2-5/h3H,1-2H2. The van der Waals surface area contributed by atoms with Crippen LogP contribution in [0.1, 0.15) is 6.42 Å². The first-order valence-electron chi connectivity index (χ1n) is 1.61. The molecule has 0 bridgehead atoms. The summed E-state index contributed by atoms with van der Waals surface area (Å²) in [5, 5.41) is -1.16. The van der Waals surface area contributed by atoms with Gasteiger partial charge in [0.1, 0.15) is 0 Å².